The lowest BCUT2D eigenvalue weighted by atomic mass is 10.2. The minimum absolute atomic E-state index is 0.746. The van der Waals surface area contributed by atoms with Crippen molar-refractivity contribution in [2.75, 3.05) is 7.05 Å². The number of nitrogens with zero attached hydrogens (tertiary/aromatic N) is 1. The van der Waals surface area contributed by atoms with E-state index < -0.39 is 0 Å². The van der Waals surface area contributed by atoms with Crippen LogP contribution in [0, 0.1) is 0 Å². The molecule has 3 heteroatoms. The SMILES string of the molecule is CNCc1ccc2cccc(Oc3ccccc3)c2n1. The molecule has 1 aromatic heterocycles. The topological polar surface area (TPSA) is 34.1 Å². The van der Waals surface area contributed by atoms with Crippen LogP contribution in [-0.4, -0.2) is 12.0 Å². The third-order valence-electron chi connectivity index (χ3n) is 3.07. The van der Waals surface area contributed by atoms with Gasteiger partial charge >= 0.3 is 0 Å². The first-order valence-electron chi connectivity index (χ1n) is 6.63. The van der Waals surface area contributed by atoms with Gasteiger partial charge in [-0.05, 0) is 31.3 Å². The van der Waals surface area contributed by atoms with E-state index in [2.05, 4.69) is 16.4 Å². The van der Waals surface area contributed by atoms with Gasteiger partial charge in [-0.3, -0.25) is 0 Å². The van der Waals surface area contributed by atoms with Crippen LogP contribution >= 0.6 is 0 Å². The van der Waals surface area contributed by atoms with Crippen LogP contribution in [-0.2, 0) is 6.54 Å². The quantitative estimate of drug-likeness (QED) is 0.779. The lowest BCUT2D eigenvalue weighted by Gasteiger charge is -2.09. The van der Waals surface area contributed by atoms with E-state index in [1.54, 1.807) is 0 Å². The maximum absolute atomic E-state index is 5.94. The maximum Gasteiger partial charge on any atom is 0.153 e. The summed E-state index contributed by atoms with van der Waals surface area (Å²) in [6.07, 6.45) is 0. The second-order valence-corrected chi connectivity index (χ2v) is 4.58. The Hall–Kier alpha value is -2.39. The maximum atomic E-state index is 5.94. The number of aromatic nitrogens is 1. The normalized spacial score (nSPS) is 10.7. The van der Waals surface area contributed by atoms with E-state index in [1.165, 1.54) is 0 Å². The summed E-state index contributed by atoms with van der Waals surface area (Å²) in [5.41, 5.74) is 1.90. The standard InChI is InChI=1S/C17H16N2O/c1-18-12-14-11-10-13-6-5-9-16(17(13)19-14)20-15-7-3-2-4-8-15/h2-11,18H,12H2,1H3. The summed E-state index contributed by atoms with van der Waals surface area (Å²) in [6, 6.07) is 19.9. The van der Waals surface area contributed by atoms with Crippen molar-refractivity contribution in [3.8, 4) is 11.5 Å². The number of hydrogen-bond donors (Lipinski definition) is 1. The van der Waals surface area contributed by atoms with Gasteiger partial charge in [0.25, 0.3) is 0 Å². The molecule has 0 bridgehead atoms. The van der Waals surface area contributed by atoms with Gasteiger partial charge in [0.1, 0.15) is 11.3 Å². The molecule has 0 unspecified atom stereocenters. The average Bonchev–Trinajstić information content (AvgIpc) is 2.49. The zero-order valence-corrected chi connectivity index (χ0v) is 11.3. The zero-order valence-electron chi connectivity index (χ0n) is 11.3. The molecule has 0 aliphatic rings. The summed E-state index contributed by atoms with van der Waals surface area (Å²) in [5.74, 6) is 1.60. The number of fused-ring (bicyclic) bond motifs is 1. The van der Waals surface area contributed by atoms with Crippen LogP contribution in [0.5, 0.6) is 11.5 Å². The van der Waals surface area contributed by atoms with Gasteiger partial charge in [-0.1, -0.05) is 36.4 Å². The highest BCUT2D eigenvalue weighted by atomic mass is 16.5. The third-order valence-corrected chi connectivity index (χ3v) is 3.07. The van der Waals surface area contributed by atoms with E-state index in [1.807, 2.05) is 61.6 Å². The Bertz CT molecular complexity index is 711. The number of hydrogen-bond acceptors (Lipinski definition) is 3. The fourth-order valence-electron chi connectivity index (χ4n) is 2.14. The molecule has 3 nitrogen and oxygen atoms in total. The fraction of sp³-hybridized carbons (Fsp3) is 0.118. The summed E-state index contributed by atoms with van der Waals surface area (Å²) < 4.78 is 5.94. The van der Waals surface area contributed by atoms with Crippen molar-refractivity contribution < 1.29 is 4.74 Å². The van der Waals surface area contributed by atoms with Crippen molar-refractivity contribution in [1.29, 1.82) is 0 Å². The van der Waals surface area contributed by atoms with E-state index in [4.69, 9.17) is 4.74 Å². The van der Waals surface area contributed by atoms with E-state index in [-0.39, 0.29) is 0 Å². The minimum atomic E-state index is 0.746. The number of ether oxygens (including phenoxy) is 1. The predicted molar refractivity (Wildman–Crippen MR) is 81.0 cm³/mol. The van der Waals surface area contributed by atoms with Gasteiger partial charge in [-0.25, -0.2) is 4.98 Å². The monoisotopic (exact) mass is 264 g/mol. The Labute approximate surface area is 118 Å². The Morgan fingerprint density at radius 3 is 2.60 bits per heavy atom. The highest BCUT2D eigenvalue weighted by molar-refractivity contribution is 5.84. The number of para-hydroxylation sites is 2. The molecule has 0 radical (unpaired) electrons. The molecule has 0 amide bonds. The minimum Gasteiger partial charge on any atom is -0.455 e. The van der Waals surface area contributed by atoms with Gasteiger partial charge in [0.2, 0.25) is 0 Å². The van der Waals surface area contributed by atoms with Gasteiger partial charge in [-0.2, -0.15) is 0 Å². The van der Waals surface area contributed by atoms with Crippen molar-refractivity contribution in [3.05, 3.63) is 66.4 Å². The highest BCUT2D eigenvalue weighted by Crippen LogP contribution is 2.28. The molecule has 1 N–H and O–H groups in total. The molecule has 0 aliphatic carbocycles. The van der Waals surface area contributed by atoms with E-state index in [0.29, 0.717) is 0 Å². The van der Waals surface area contributed by atoms with E-state index >= 15 is 0 Å². The first kappa shape index (κ1) is 12.6. The molecule has 0 spiro atoms. The van der Waals surface area contributed by atoms with Crippen LogP contribution < -0.4 is 10.1 Å². The van der Waals surface area contributed by atoms with Crippen molar-refractivity contribution in [2.24, 2.45) is 0 Å². The second-order valence-electron chi connectivity index (χ2n) is 4.58. The van der Waals surface area contributed by atoms with Gasteiger partial charge in [0, 0.05) is 11.9 Å². The molecule has 0 saturated heterocycles. The molecule has 2 aromatic carbocycles. The van der Waals surface area contributed by atoms with Gasteiger partial charge in [-0.15, -0.1) is 0 Å². The largest absolute Gasteiger partial charge is 0.455 e. The highest BCUT2D eigenvalue weighted by Gasteiger charge is 2.06. The molecule has 0 saturated carbocycles. The smallest absolute Gasteiger partial charge is 0.153 e. The molecule has 0 fully saturated rings. The van der Waals surface area contributed by atoms with Crippen LogP contribution in [0.25, 0.3) is 10.9 Å². The molecule has 100 valence electrons. The summed E-state index contributed by atoms with van der Waals surface area (Å²) >= 11 is 0. The predicted octanol–water partition coefficient (Wildman–Crippen LogP) is 3.75. The van der Waals surface area contributed by atoms with Crippen molar-refractivity contribution >= 4 is 10.9 Å². The third kappa shape index (κ3) is 2.63. The number of rotatable bonds is 4. The van der Waals surface area contributed by atoms with Crippen LogP contribution in [0.15, 0.2) is 60.7 Å². The van der Waals surface area contributed by atoms with Crippen LogP contribution in [0.1, 0.15) is 5.69 Å². The van der Waals surface area contributed by atoms with E-state index in [9.17, 15) is 0 Å². The Balaban J connectivity index is 2.03. The van der Waals surface area contributed by atoms with Gasteiger partial charge in [0.05, 0.1) is 5.69 Å². The Morgan fingerprint density at radius 1 is 0.950 bits per heavy atom. The molecule has 20 heavy (non-hydrogen) atoms. The molecule has 3 rings (SSSR count). The average molecular weight is 264 g/mol. The summed E-state index contributed by atoms with van der Waals surface area (Å²) in [7, 11) is 1.91. The van der Waals surface area contributed by atoms with Crippen LogP contribution in [0.4, 0.5) is 0 Å². The van der Waals surface area contributed by atoms with Crippen molar-refractivity contribution in [2.45, 2.75) is 6.54 Å². The van der Waals surface area contributed by atoms with Gasteiger partial charge in [0.15, 0.2) is 5.75 Å². The molecule has 1 heterocycles. The number of nitrogens with one attached hydrogen (secondary N) is 1. The van der Waals surface area contributed by atoms with Crippen LogP contribution in [0.2, 0.25) is 0 Å². The van der Waals surface area contributed by atoms with Crippen LogP contribution in [0.3, 0.4) is 0 Å². The number of pyridine rings is 1. The molecule has 3 aromatic rings. The lowest BCUT2D eigenvalue weighted by Crippen LogP contribution is -2.06. The first-order valence-corrected chi connectivity index (χ1v) is 6.63. The summed E-state index contributed by atoms with van der Waals surface area (Å²) in [6.45, 7) is 0.746. The molecule has 0 aliphatic heterocycles. The van der Waals surface area contributed by atoms with Gasteiger partial charge < -0.3 is 10.1 Å². The summed E-state index contributed by atoms with van der Waals surface area (Å²) in [5, 5.41) is 4.20. The lowest BCUT2D eigenvalue weighted by molar-refractivity contribution is 0.487. The Morgan fingerprint density at radius 2 is 1.80 bits per heavy atom. The Kier molecular flexibility index (Phi) is 3.61. The zero-order chi connectivity index (χ0) is 13.8. The first-order chi connectivity index (χ1) is 9.86. The molecular formula is C17H16N2O. The van der Waals surface area contributed by atoms with E-state index in [0.717, 1.165) is 34.6 Å². The summed E-state index contributed by atoms with van der Waals surface area (Å²) in [4.78, 5) is 4.67. The molecule has 0 atom stereocenters. The number of benzene rings is 2. The second kappa shape index (κ2) is 5.72. The molecular weight excluding hydrogens is 248 g/mol. The van der Waals surface area contributed by atoms with Crippen molar-refractivity contribution in [1.82, 2.24) is 10.3 Å². The fourth-order valence-corrected chi connectivity index (χ4v) is 2.14. The van der Waals surface area contributed by atoms with Crippen molar-refractivity contribution in [3.63, 3.8) is 0 Å².